The highest BCUT2D eigenvalue weighted by atomic mass is 19.1. The molecule has 27 heavy (non-hydrogen) atoms. The molecule has 2 aromatic heterocycles. The van der Waals surface area contributed by atoms with E-state index in [-0.39, 0.29) is 28.8 Å². The van der Waals surface area contributed by atoms with Crippen LogP contribution in [0.5, 0.6) is 5.75 Å². The summed E-state index contributed by atoms with van der Waals surface area (Å²) in [5, 5.41) is 13.7. The first kappa shape index (κ1) is 17.0. The van der Waals surface area contributed by atoms with Gasteiger partial charge < -0.3 is 19.3 Å². The fourth-order valence-corrected chi connectivity index (χ4v) is 3.19. The largest absolute Gasteiger partial charge is 0.494 e. The van der Waals surface area contributed by atoms with E-state index in [0.29, 0.717) is 18.7 Å². The van der Waals surface area contributed by atoms with Crippen molar-refractivity contribution >= 4 is 11.8 Å². The lowest BCUT2D eigenvalue weighted by atomic mass is 9.92. The molecule has 1 aromatic carbocycles. The number of carboxylic acid groups (broad SMARTS) is 1. The molecule has 0 bridgehead atoms. The van der Waals surface area contributed by atoms with Gasteiger partial charge in [0.1, 0.15) is 0 Å². The standard InChI is InChI=1S/C19H16FN3O4/c1-26-15-8-12(2-3-14(15)20)17-16(19(24)25)18(22-27-17)23-9-13(10-23)11-4-6-21-7-5-11/h2-8,13H,9-10H2,1H3,(H,24,25). The van der Waals surface area contributed by atoms with Crippen molar-refractivity contribution in [3.05, 3.63) is 59.7 Å². The van der Waals surface area contributed by atoms with Crippen molar-refractivity contribution in [2.75, 3.05) is 25.1 Å². The number of carboxylic acids is 1. The summed E-state index contributed by atoms with van der Waals surface area (Å²) in [5.41, 5.74) is 1.48. The van der Waals surface area contributed by atoms with E-state index in [0.717, 1.165) is 5.56 Å². The van der Waals surface area contributed by atoms with Gasteiger partial charge in [-0.3, -0.25) is 4.98 Å². The van der Waals surface area contributed by atoms with Crippen molar-refractivity contribution in [2.24, 2.45) is 0 Å². The number of rotatable bonds is 5. The van der Waals surface area contributed by atoms with Crippen LogP contribution in [0.25, 0.3) is 11.3 Å². The third kappa shape index (κ3) is 2.99. The van der Waals surface area contributed by atoms with Crippen LogP contribution in [0.2, 0.25) is 0 Å². The monoisotopic (exact) mass is 369 g/mol. The van der Waals surface area contributed by atoms with Crippen molar-refractivity contribution < 1.29 is 23.6 Å². The molecular formula is C19H16FN3O4. The second-order valence-electron chi connectivity index (χ2n) is 6.25. The number of aromatic nitrogens is 2. The summed E-state index contributed by atoms with van der Waals surface area (Å²) >= 11 is 0. The maximum atomic E-state index is 13.6. The Morgan fingerprint density at radius 3 is 2.70 bits per heavy atom. The van der Waals surface area contributed by atoms with Gasteiger partial charge in [0.25, 0.3) is 0 Å². The summed E-state index contributed by atoms with van der Waals surface area (Å²) in [5.74, 6) is -1.07. The van der Waals surface area contributed by atoms with Crippen molar-refractivity contribution in [3.63, 3.8) is 0 Å². The van der Waals surface area contributed by atoms with Gasteiger partial charge in [0.05, 0.1) is 7.11 Å². The van der Waals surface area contributed by atoms with Gasteiger partial charge in [-0.25, -0.2) is 9.18 Å². The molecule has 0 spiro atoms. The molecule has 1 N–H and O–H groups in total. The van der Waals surface area contributed by atoms with E-state index in [1.165, 1.54) is 25.3 Å². The molecule has 0 aliphatic carbocycles. The molecule has 0 saturated carbocycles. The molecule has 0 unspecified atom stereocenters. The molecular weight excluding hydrogens is 353 g/mol. The number of halogens is 1. The van der Waals surface area contributed by atoms with Crippen LogP contribution in [0.15, 0.2) is 47.2 Å². The Hall–Kier alpha value is -3.42. The second-order valence-corrected chi connectivity index (χ2v) is 6.25. The third-order valence-electron chi connectivity index (χ3n) is 4.66. The quantitative estimate of drug-likeness (QED) is 0.739. The van der Waals surface area contributed by atoms with Crippen LogP contribution in [-0.4, -0.2) is 41.4 Å². The summed E-state index contributed by atoms with van der Waals surface area (Å²) in [6.07, 6.45) is 3.47. The average Bonchev–Trinajstić information content (AvgIpc) is 3.07. The third-order valence-corrected chi connectivity index (χ3v) is 4.66. The molecule has 3 heterocycles. The minimum atomic E-state index is -1.16. The highest BCUT2D eigenvalue weighted by Crippen LogP contribution is 2.38. The van der Waals surface area contributed by atoms with E-state index in [2.05, 4.69) is 10.1 Å². The van der Waals surface area contributed by atoms with E-state index < -0.39 is 11.8 Å². The molecule has 1 saturated heterocycles. The molecule has 138 valence electrons. The van der Waals surface area contributed by atoms with Crippen LogP contribution in [0, 0.1) is 5.82 Å². The van der Waals surface area contributed by atoms with Gasteiger partial charge in [-0.1, -0.05) is 5.16 Å². The predicted octanol–water partition coefficient (Wildman–Crippen LogP) is 3.19. The summed E-state index contributed by atoms with van der Waals surface area (Å²) in [7, 11) is 1.34. The van der Waals surface area contributed by atoms with Crippen LogP contribution in [0.3, 0.4) is 0 Å². The molecule has 1 aliphatic rings. The smallest absolute Gasteiger partial charge is 0.343 e. The number of aromatic carboxylic acids is 1. The molecule has 7 nitrogen and oxygen atoms in total. The summed E-state index contributed by atoms with van der Waals surface area (Å²) in [6.45, 7) is 1.26. The predicted molar refractivity (Wildman–Crippen MR) is 94.6 cm³/mol. The SMILES string of the molecule is COc1cc(-c2onc(N3CC(c4ccncc4)C3)c2C(=O)O)ccc1F. The average molecular weight is 369 g/mol. The topological polar surface area (TPSA) is 88.7 Å². The van der Waals surface area contributed by atoms with Crippen LogP contribution < -0.4 is 9.64 Å². The van der Waals surface area contributed by atoms with Crippen molar-refractivity contribution in [1.82, 2.24) is 10.1 Å². The normalized spacial score (nSPS) is 14.1. The van der Waals surface area contributed by atoms with Gasteiger partial charge in [0.15, 0.2) is 28.7 Å². The van der Waals surface area contributed by atoms with E-state index in [1.54, 1.807) is 12.4 Å². The number of nitrogens with zero attached hydrogens (tertiary/aromatic N) is 3. The first-order valence-electron chi connectivity index (χ1n) is 8.30. The molecule has 8 heteroatoms. The minimum Gasteiger partial charge on any atom is -0.494 e. The van der Waals surface area contributed by atoms with E-state index >= 15 is 0 Å². The van der Waals surface area contributed by atoms with Gasteiger partial charge in [-0.05, 0) is 35.9 Å². The number of hydrogen-bond acceptors (Lipinski definition) is 6. The van der Waals surface area contributed by atoms with Gasteiger partial charge in [-0.15, -0.1) is 0 Å². The second kappa shape index (κ2) is 6.71. The lowest BCUT2D eigenvalue weighted by Gasteiger charge is -2.39. The van der Waals surface area contributed by atoms with Crippen molar-refractivity contribution in [2.45, 2.75) is 5.92 Å². The van der Waals surface area contributed by atoms with Gasteiger partial charge >= 0.3 is 5.97 Å². The van der Waals surface area contributed by atoms with Crippen LogP contribution in [0.4, 0.5) is 10.2 Å². The maximum Gasteiger partial charge on any atom is 0.343 e. The molecule has 3 aromatic rings. The number of anilines is 1. The lowest BCUT2D eigenvalue weighted by Crippen LogP contribution is -2.45. The van der Waals surface area contributed by atoms with Gasteiger partial charge in [0.2, 0.25) is 0 Å². The van der Waals surface area contributed by atoms with Crippen LogP contribution in [0.1, 0.15) is 21.8 Å². The Kier molecular flexibility index (Phi) is 4.23. The van der Waals surface area contributed by atoms with E-state index in [1.807, 2.05) is 17.0 Å². The number of methoxy groups -OCH3 is 1. The Morgan fingerprint density at radius 1 is 1.30 bits per heavy atom. The fourth-order valence-electron chi connectivity index (χ4n) is 3.19. The molecule has 0 atom stereocenters. The van der Waals surface area contributed by atoms with Crippen LogP contribution >= 0.6 is 0 Å². The Morgan fingerprint density at radius 2 is 2.04 bits per heavy atom. The summed E-state index contributed by atoms with van der Waals surface area (Å²) in [6, 6.07) is 7.91. The van der Waals surface area contributed by atoms with Crippen LogP contribution in [-0.2, 0) is 0 Å². The van der Waals surface area contributed by atoms with Gasteiger partial charge in [-0.2, -0.15) is 0 Å². The highest BCUT2D eigenvalue weighted by Gasteiger charge is 2.35. The van der Waals surface area contributed by atoms with Crippen molar-refractivity contribution in [3.8, 4) is 17.1 Å². The zero-order valence-electron chi connectivity index (χ0n) is 14.4. The number of ether oxygens (including phenoxy) is 1. The lowest BCUT2D eigenvalue weighted by molar-refractivity contribution is 0.0697. The number of pyridine rings is 1. The Bertz CT molecular complexity index is 984. The molecule has 1 fully saturated rings. The van der Waals surface area contributed by atoms with E-state index in [9.17, 15) is 14.3 Å². The molecule has 1 aliphatic heterocycles. The Balaban J connectivity index is 1.64. The number of benzene rings is 1. The highest BCUT2D eigenvalue weighted by molar-refractivity contribution is 5.99. The fraction of sp³-hybridized carbons (Fsp3) is 0.211. The molecule has 0 amide bonds. The molecule has 0 radical (unpaired) electrons. The number of hydrogen-bond donors (Lipinski definition) is 1. The number of carbonyl (C=O) groups is 1. The Labute approximate surface area is 154 Å². The zero-order valence-corrected chi connectivity index (χ0v) is 14.4. The van der Waals surface area contributed by atoms with E-state index in [4.69, 9.17) is 9.26 Å². The zero-order chi connectivity index (χ0) is 19.0. The van der Waals surface area contributed by atoms with Gasteiger partial charge in [0, 0.05) is 37.0 Å². The minimum absolute atomic E-state index is 0.00323. The molecule has 4 rings (SSSR count). The first-order valence-corrected chi connectivity index (χ1v) is 8.30. The van der Waals surface area contributed by atoms with Crippen molar-refractivity contribution in [1.29, 1.82) is 0 Å². The summed E-state index contributed by atoms with van der Waals surface area (Å²) in [4.78, 5) is 17.7. The maximum absolute atomic E-state index is 13.6. The summed E-state index contributed by atoms with van der Waals surface area (Å²) < 4.78 is 23.9. The first-order chi connectivity index (χ1) is 13.1.